The highest BCUT2D eigenvalue weighted by molar-refractivity contribution is 5.76. The Hall–Kier alpha value is -1.42. The highest BCUT2D eigenvalue weighted by atomic mass is 19.1. The third kappa shape index (κ3) is 3.29. The van der Waals surface area contributed by atoms with Crippen LogP contribution < -0.4 is 5.32 Å². The molecule has 1 fully saturated rings. The molecule has 1 heterocycles. The Morgan fingerprint density at radius 2 is 2.28 bits per heavy atom. The molecule has 1 N–H and O–H groups in total. The monoisotopic (exact) mass is 250 g/mol. The van der Waals surface area contributed by atoms with Gasteiger partial charge in [-0.05, 0) is 31.5 Å². The predicted molar refractivity (Wildman–Crippen MR) is 68.5 cm³/mol. The van der Waals surface area contributed by atoms with Gasteiger partial charge in [-0.15, -0.1) is 0 Å². The highest BCUT2D eigenvalue weighted by Gasteiger charge is 2.20. The molecule has 98 valence electrons. The number of nitrogens with one attached hydrogen (secondary N) is 1. The second kappa shape index (κ2) is 5.96. The summed E-state index contributed by atoms with van der Waals surface area (Å²) < 4.78 is 13.5. The number of carbonyl (C=O) groups is 1. The van der Waals surface area contributed by atoms with Crippen LogP contribution in [0.25, 0.3) is 0 Å². The van der Waals surface area contributed by atoms with E-state index in [1.807, 2.05) is 0 Å². The molecular weight excluding hydrogens is 231 g/mol. The average molecular weight is 250 g/mol. The molecule has 1 aromatic carbocycles. The fraction of sp³-hybridized carbons (Fsp3) is 0.500. The Kier molecular flexibility index (Phi) is 4.31. The van der Waals surface area contributed by atoms with Crippen molar-refractivity contribution in [1.29, 1.82) is 0 Å². The van der Waals surface area contributed by atoms with Gasteiger partial charge in [-0.2, -0.15) is 0 Å². The van der Waals surface area contributed by atoms with Crippen molar-refractivity contribution in [3.05, 3.63) is 35.6 Å². The molecule has 0 unspecified atom stereocenters. The quantitative estimate of drug-likeness (QED) is 0.883. The van der Waals surface area contributed by atoms with Gasteiger partial charge in [0, 0.05) is 25.6 Å². The molecule has 1 aromatic rings. The van der Waals surface area contributed by atoms with Crippen LogP contribution in [0.4, 0.5) is 4.39 Å². The Morgan fingerprint density at radius 1 is 1.50 bits per heavy atom. The van der Waals surface area contributed by atoms with Crippen molar-refractivity contribution in [2.45, 2.75) is 19.4 Å². The standard InChI is InChI=1S/C14H19FN2O/c1-17(10-12-4-2-3-5-13(12)15)14(18)8-11-6-7-16-9-11/h2-5,11,16H,6-10H2,1H3/t11-/m0/s1. The number of halogens is 1. The summed E-state index contributed by atoms with van der Waals surface area (Å²) >= 11 is 0. The average Bonchev–Trinajstić information content (AvgIpc) is 2.84. The van der Waals surface area contributed by atoms with Crippen LogP contribution in [-0.2, 0) is 11.3 Å². The Bertz CT molecular complexity index is 416. The van der Waals surface area contributed by atoms with Gasteiger partial charge in [0.2, 0.25) is 5.91 Å². The lowest BCUT2D eigenvalue weighted by Gasteiger charge is -2.19. The molecule has 1 amide bonds. The Balaban J connectivity index is 1.89. The molecule has 18 heavy (non-hydrogen) atoms. The molecule has 0 spiro atoms. The summed E-state index contributed by atoms with van der Waals surface area (Å²) in [5, 5.41) is 3.24. The topological polar surface area (TPSA) is 32.3 Å². The van der Waals surface area contributed by atoms with E-state index in [1.165, 1.54) is 6.07 Å². The number of amides is 1. The first-order valence-electron chi connectivity index (χ1n) is 6.35. The first-order chi connectivity index (χ1) is 8.66. The SMILES string of the molecule is CN(Cc1ccccc1F)C(=O)C[C@@H]1CCNC1. The largest absolute Gasteiger partial charge is 0.341 e. The first-order valence-corrected chi connectivity index (χ1v) is 6.35. The van der Waals surface area contributed by atoms with Crippen LogP contribution in [-0.4, -0.2) is 30.9 Å². The van der Waals surface area contributed by atoms with Crippen LogP contribution in [0.2, 0.25) is 0 Å². The molecule has 4 heteroatoms. The van der Waals surface area contributed by atoms with Crippen molar-refractivity contribution in [1.82, 2.24) is 10.2 Å². The first kappa shape index (κ1) is 13.0. The van der Waals surface area contributed by atoms with E-state index >= 15 is 0 Å². The van der Waals surface area contributed by atoms with Crippen molar-refractivity contribution >= 4 is 5.91 Å². The second-order valence-corrected chi connectivity index (χ2v) is 4.90. The van der Waals surface area contributed by atoms with Crippen LogP contribution >= 0.6 is 0 Å². The van der Waals surface area contributed by atoms with Gasteiger partial charge in [0.15, 0.2) is 0 Å². The van der Waals surface area contributed by atoms with Crippen molar-refractivity contribution in [2.24, 2.45) is 5.92 Å². The van der Waals surface area contributed by atoms with E-state index in [0.29, 0.717) is 24.4 Å². The number of hydrogen-bond donors (Lipinski definition) is 1. The molecule has 1 aliphatic heterocycles. The summed E-state index contributed by atoms with van der Waals surface area (Å²) in [5.74, 6) is 0.271. The van der Waals surface area contributed by atoms with Crippen LogP contribution in [0.5, 0.6) is 0 Å². The van der Waals surface area contributed by atoms with Crippen molar-refractivity contribution in [2.75, 3.05) is 20.1 Å². The minimum atomic E-state index is -0.250. The molecule has 0 bridgehead atoms. The van der Waals surface area contributed by atoms with Gasteiger partial charge < -0.3 is 10.2 Å². The van der Waals surface area contributed by atoms with E-state index in [9.17, 15) is 9.18 Å². The summed E-state index contributed by atoms with van der Waals surface area (Å²) in [6.07, 6.45) is 1.61. The van der Waals surface area contributed by atoms with Crippen molar-refractivity contribution in [3.63, 3.8) is 0 Å². The van der Waals surface area contributed by atoms with E-state index in [4.69, 9.17) is 0 Å². The van der Waals surface area contributed by atoms with E-state index in [1.54, 1.807) is 30.1 Å². The maximum absolute atomic E-state index is 13.5. The summed E-state index contributed by atoms with van der Waals surface area (Å²) in [6, 6.07) is 6.59. The van der Waals surface area contributed by atoms with Gasteiger partial charge >= 0.3 is 0 Å². The molecule has 0 aromatic heterocycles. The third-order valence-electron chi connectivity index (χ3n) is 3.42. The number of benzene rings is 1. The van der Waals surface area contributed by atoms with Crippen LogP contribution in [0.3, 0.4) is 0 Å². The van der Waals surface area contributed by atoms with Gasteiger partial charge in [0.05, 0.1) is 0 Å². The van der Waals surface area contributed by atoms with Gasteiger partial charge in [-0.3, -0.25) is 4.79 Å². The third-order valence-corrected chi connectivity index (χ3v) is 3.42. The van der Waals surface area contributed by atoms with Gasteiger partial charge in [0.25, 0.3) is 0 Å². The minimum absolute atomic E-state index is 0.0898. The highest BCUT2D eigenvalue weighted by Crippen LogP contribution is 2.15. The normalized spacial score (nSPS) is 18.9. The Morgan fingerprint density at radius 3 is 2.94 bits per heavy atom. The van der Waals surface area contributed by atoms with E-state index in [0.717, 1.165) is 19.5 Å². The zero-order chi connectivity index (χ0) is 13.0. The van der Waals surface area contributed by atoms with E-state index in [2.05, 4.69) is 5.32 Å². The fourth-order valence-electron chi connectivity index (χ4n) is 2.26. The molecule has 3 nitrogen and oxygen atoms in total. The molecule has 1 atom stereocenters. The lowest BCUT2D eigenvalue weighted by atomic mass is 10.0. The maximum Gasteiger partial charge on any atom is 0.222 e. The molecule has 0 saturated carbocycles. The number of hydrogen-bond acceptors (Lipinski definition) is 2. The molecule has 2 rings (SSSR count). The molecule has 0 aliphatic carbocycles. The summed E-state index contributed by atoms with van der Waals surface area (Å²) in [5.41, 5.74) is 0.567. The number of carbonyl (C=O) groups excluding carboxylic acids is 1. The van der Waals surface area contributed by atoms with Gasteiger partial charge in [-0.25, -0.2) is 4.39 Å². The lowest BCUT2D eigenvalue weighted by Crippen LogP contribution is -2.28. The number of rotatable bonds is 4. The Labute approximate surface area is 107 Å². The predicted octanol–water partition coefficient (Wildman–Crippen LogP) is 1.78. The van der Waals surface area contributed by atoms with Gasteiger partial charge in [0.1, 0.15) is 5.82 Å². The molecular formula is C14H19FN2O. The molecule has 0 radical (unpaired) electrons. The number of nitrogens with zero attached hydrogens (tertiary/aromatic N) is 1. The smallest absolute Gasteiger partial charge is 0.222 e. The summed E-state index contributed by atoms with van der Waals surface area (Å²) in [4.78, 5) is 13.6. The summed E-state index contributed by atoms with van der Waals surface area (Å²) in [6.45, 7) is 2.25. The fourth-order valence-corrected chi connectivity index (χ4v) is 2.26. The van der Waals surface area contributed by atoms with E-state index in [-0.39, 0.29) is 11.7 Å². The van der Waals surface area contributed by atoms with Crippen LogP contribution in [0.1, 0.15) is 18.4 Å². The molecule has 1 aliphatic rings. The lowest BCUT2D eigenvalue weighted by molar-refractivity contribution is -0.131. The van der Waals surface area contributed by atoms with Crippen molar-refractivity contribution in [3.8, 4) is 0 Å². The van der Waals surface area contributed by atoms with Crippen LogP contribution in [0, 0.1) is 11.7 Å². The summed E-state index contributed by atoms with van der Waals surface area (Å²) in [7, 11) is 1.73. The zero-order valence-corrected chi connectivity index (χ0v) is 10.7. The van der Waals surface area contributed by atoms with Crippen molar-refractivity contribution < 1.29 is 9.18 Å². The van der Waals surface area contributed by atoms with Crippen LogP contribution in [0.15, 0.2) is 24.3 Å². The second-order valence-electron chi connectivity index (χ2n) is 4.90. The van der Waals surface area contributed by atoms with E-state index < -0.39 is 0 Å². The molecule has 1 saturated heterocycles. The minimum Gasteiger partial charge on any atom is -0.341 e. The zero-order valence-electron chi connectivity index (χ0n) is 10.7. The maximum atomic E-state index is 13.5. The van der Waals surface area contributed by atoms with Gasteiger partial charge in [-0.1, -0.05) is 18.2 Å².